The number of hydrogen-bond donors (Lipinski definition) is 0. The van der Waals surface area contributed by atoms with E-state index in [9.17, 15) is 13.2 Å². The van der Waals surface area contributed by atoms with Crippen LogP contribution in [0.25, 0.3) is 11.4 Å². The van der Waals surface area contributed by atoms with E-state index < -0.39 is 9.84 Å². The lowest BCUT2D eigenvalue weighted by atomic mass is 10.2. The molecule has 8 nitrogen and oxygen atoms in total. The maximum Gasteiger partial charge on any atom is 0.233 e. The molecular weight excluding hydrogens is 460 g/mol. The molecule has 2 aliphatic rings. The summed E-state index contributed by atoms with van der Waals surface area (Å²) in [5.74, 6) is 0.930. The molecule has 0 aliphatic carbocycles. The van der Waals surface area contributed by atoms with Gasteiger partial charge in [0.2, 0.25) is 5.91 Å². The van der Waals surface area contributed by atoms with Crippen molar-refractivity contribution in [1.29, 1.82) is 0 Å². The molecule has 4 rings (SSSR count). The highest BCUT2D eigenvalue weighted by atomic mass is 35.5. The van der Waals surface area contributed by atoms with Crippen molar-refractivity contribution in [3.05, 3.63) is 29.3 Å². The van der Waals surface area contributed by atoms with E-state index in [0.717, 1.165) is 25.0 Å². The number of benzene rings is 1. The number of halogens is 1. The molecule has 1 amide bonds. The molecule has 0 unspecified atom stereocenters. The fraction of sp³-hybridized carbons (Fsp3) is 0.550. The Kier molecular flexibility index (Phi) is 6.90. The van der Waals surface area contributed by atoms with Gasteiger partial charge in [-0.15, -0.1) is 10.2 Å². The first-order valence-corrected chi connectivity index (χ1v) is 13.4. The average molecular weight is 485 g/mol. The number of hydrogen-bond acceptors (Lipinski definition) is 7. The number of carbonyl (C=O) groups is 1. The summed E-state index contributed by atoms with van der Waals surface area (Å²) in [6.07, 6.45) is 2.58. The first-order chi connectivity index (χ1) is 14.8. The second kappa shape index (κ2) is 9.48. The van der Waals surface area contributed by atoms with Gasteiger partial charge in [-0.2, -0.15) is 0 Å². The number of aromatic nitrogens is 3. The highest BCUT2D eigenvalue weighted by Crippen LogP contribution is 2.28. The van der Waals surface area contributed by atoms with Crippen molar-refractivity contribution in [2.24, 2.45) is 0 Å². The van der Waals surface area contributed by atoms with Gasteiger partial charge in [0.05, 0.1) is 29.9 Å². The van der Waals surface area contributed by atoms with E-state index in [-0.39, 0.29) is 35.3 Å². The Hall–Kier alpha value is -1.62. The molecule has 11 heteroatoms. The topological polar surface area (TPSA) is 94.4 Å². The van der Waals surface area contributed by atoms with Crippen LogP contribution in [0, 0.1) is 0 Å². The smallest absolute Gasteiger partial charge is 0.233 e. The quantitative estimate of drug-likeness (QED) is 0.557. The third-order valence-electron chi connectivity index (χ3n) is 5.70. The third-order valence-corrected chi connectivity index (χ3v) is 8.66. The van der Waals surface area contributed by atoms with Crippen LogP contribution in [0.4, 0.5) is 0 Å². The number of thioether (sulfide) groups is 1. The summed E-state index contributed by atoms with van der Waals surface area (Å²) in [4.78, 5) is 14.3. The van der Waals surface area contributed by atoms with Gasteiger partial charge in [-0.05, 0) is 43.5 Å². The Morgan fingerprint density at radius 3 is 2.71 bits per heavy atom. The summed E-state index contributed by atoms with van der Waals surface area (Å²) >= 11 is 7.33. The average Bonchev–Trinajstić information content (AvgIpc) is 3.47. The van der Waals surface area contributed by atoms with Crippen LogP contribution in [0.1, 0.15) is 19.3 Å². The van der Waals surface area contributed by atoms with Gasteiger partial charge in [-0.25, -0.2) is 8.42 Å². The molecule has 0 radical (unpaired) electrons. The number of ether oxygens (including phenoxy) is 1. The molecule has 31 heavy (non-hydrogen) atoms. The highest BCUT2D eigenvalue weighted by molar-refractivity contribution is 7.99. The predicted octanol–water partition coefficient (Wildman–Crippen LogP) is 2.52. The maximum absolute atomic E-state index is 12.7. The Bertz CT molecular complexity index is 1040. The van der Waals surface area contributed by atoms with Crippen LogP contribution in [-0.2, 0) is 25.9 Å². The van der Waals surface area contributed by atoms with E-state index in [1.165, 1.54) is 11.8 Å². The molecule has 1 aromatic carbocycles. The monoisotopic (exact) mass is 484 g/mol. The second-order valence-electron chi connectivity index (χ2n) is 7.91. The van der Waals surface area contributed by atoms with Crippen LogP contribution in [0.3, 0.4) is 0 Å². The van der Waals surface area contributed by atoms with Gasteiger partial charge in [0.15, 0.2) is 20.8 Å². The Morgan fingerprint density at radius 1 is 1.29 bits per heavy atom. The van der Waals surface area contributed by atoms with Gasteiger partial charge in [0.1, 0.15) is 0 Å². The molecular formula is C20H25ClN4O4S2. The van der Waals surface area contributed by atoms with Gasteiger partial charge >= 0.3 is 0 Å². The van der Waals surface area contributed by atoms with Gasteiger partial charge in [0.25, 0.3) is 0 Å². The lowest BCUT2D eigenvalue weighted by Gasteiger charge is -2.23. The van der Waals surface area contributed by atoms with Gasteiger partial charge < -0.3 is 9.64 Å². The first-order valence-electron chi connectivity index (χ1n) is 10.2. The molecule has 1 aromatic heterocycles. The van der Waals surface area contributed by atoms with Crippen LogP contribution in [0.15, 0.2) is 29.4 Å². The van der Waals surface area contributed by atoms with E-state index >= 15 is 0 Å². The molecule has 0 spiro atoms. The molecule has 2 saturated heterocycles. The number of rotatable bonds is 7. The third kappa shape index (κ3) is 5.42. The van der Waals surface area contributed by atoms with E-state index in [1.54, 1.807) is 11.9 Å². The lowest BCUT2D eigenvalue weighted by molar-refractivity contribution is -0.128. The molecule has 2 atom stereocenters. The minimum absolute atomic E-state index is 0.0375. The van der Waals surface area contributed by atoms with Crippen LogP contribution < -0.4 is 0 Å². The normalized spacial score (nSPS) is 22.6. The van der Waals surface area contributed by atoms with Gasteiger partial charge in [-0.1, -0.05) is 23.4 Å². The zero-order valence-electron chi connectivity index (χ0n) is 17.2. The second-order valence-corrected chi connectivity index (χ2v) is 11.5. The molecule has 2 aromatic rings. The SMILES string of the molecule is CN(C(=O)CSc1nnc(-c2ccc(Cl)cc2)n1C[C@H]1CCCO1)[C@H]1CCS(=O)(=O)C1. The van der Waals surface area contributed by atoms with Crippen LogP contribution in [0.5, 0.6) is 0 Å². The van der Waals surface area contributed by atoms with Crippen LogP contribution in [-0.4, -0.2) is 77.0 Å². The van der Waals surface area contributed by atoms with E-state index in [0.29, 0.717) is 29.0 Å². The minimum atomic E-state index is -3.04. The summed E-state index contributed by atoms with van der Waals surface area (Å²) in [6, 6.07) is 7.15. The summed E-state index contributed by atoms with van der Waals surface area (Å²) in [5, 5.41) is 9.98. The fourth-order valence-electron chi connectivity index (χ4n) is 3.88. The summed E-state index contributed by atoms with van der Waals surface area (Å²) in [5.41, 5.74) is 0.890. The van der Waals surface area contributed by atoms with Crippen molar-refractivity contribution < 1.29 is 17.9 Å². The van der Waals surface area contributed by atoms with Gasteiger partial charge in [0, 0.05) is 30.3 Å². The van der Waals surface area contributed by atoms with Crippen molar-refractivity contribution in [3.8, 4) is 11.4 Å². The Balaban J connectivity index is 1.49. The Labute approximate surface area is 191 Å². The van der Waals surface area contributed by atoms with Crippen molar-refractivity contribution in [1.82, 2.24) is 19.7 Å². The zero-order chi connectivity index (χ0) is 22.0. The standard InChI is InChI=1S/C20H25ClN4O4S2/c1-24(16-8-10-31(27,28)13-16)18(26)12-30-20-23-22-19(14-4-6-15(21)7-5-14)25(20)11-17-3-2-9-29-17/h4-7,16-17H,2-3,8-13H2,1H3/t16-,17+/m0/s1. The zero-order valence-corrected chi connectivity index (χ0v) is 19.6. The van der Waals surface area contributed by atoms with Gasteiger partial charge in [-0.3, -0.25) is 9.36 Å². The molecule has 168 valence electrons. The summed E-state index contributed by atoms with van der Waals surface area (Å²) in [6.45, 7) is 1.36. The molecule has 2 aliphatic heterocycles. The fourth-order valence-corrected chi connectivity index (χ4v) is 6.65. The highest BCUT2D eigenvalue weighted by Gasteiger charge is 2.33. The summed E-state index contributed by atoms with van der Waals surface area (Å²) < 4.78 is 31.3. The number of amides is 1. The largest absolute Gasteiger partial charge is 0.376 e. The molecule has 2 fully saturated rings. The van der Waals surface area contributed by atoms with Crippen molar-refractivity contribution in [2.45, 2.75) is 43.1 Å². The van der Waals surface area contributed by atoms with Crippen molar-refractivity contribution in [2.75, 3.05) is 30.9 Å². The van der Waals surface area contributed by atoms with E-state index in [4.69, 9.17) is 16.3 Å². The summed E-state index contributed by atoms with van der Waals surface area (Å²) in [7, 11) is -1.37. The Morgan fingerprint density at radius 2 is 2.06 bits per heavy atom. The molecule has 0 N–H and O–H groups in total. The number of carbonyl (C=O) groups excluding carboxylic acids is 1. The predicted molar refractivity (Wildman–Crippen MR) is 120 cm³/mol. The molecule has 3 heterocycles. The van der Waals surface area contributed by atoms with E-state index in [1.807, 2.05) is 28.8 Å². The molecule has 0 bridgehead atoms. The minimum Gasteiger partial charge on any atom is -0.376 e. The van der Waals surface area contributed by atoms with E-state index in [2.05, 4.69) is 10.2 Å². The molecule has 0 saturated carbocycles. The van der Waals surface area contributed by atoms with Crippen molar-refractivity contribution >= 4 is 39.1 Å². The van der Waals surface area contributed by atoms with Crippen LogP contribution >= 0.6 is 23.4 Å². The number of sulfone groups is 1. The maximum atomic E-state index is 12.7. The lowest BCUT2D eigenvalue weighted by Crippen LogP contribution is -2.38. The van der Waals surface area contributed by atoms with Crippen molar-refractivity contribution in [3.63, 3.8) is 0 Å². The van der Waals surface area contributed by atoms with Crippen LogP contribution in [0.2, 0.25) is 5.02 Å². The number of nitrogens with zero attached hydrogens (tertiary/aromatic N) is 4. The first kappa shape index (κ1) is 22.6.